The molecule has 17 heavy (non-hydrogen) atoms. The van der Waals surface area contributed by atoms with E-state index in [4.69, 9.17) is 5.11 Å². The molecular weight excluding hydrogens is 214 g/mol. The Morgan fingerprint density at radius 1 is 1.41 bits per heavy atom. The van der Waals surface area contributed by atoms with Crippen molar-refractivity contribution in [3.05, 3.63) is 35.4 Å². The Kier molecular flexibility index (Phi) is 5.70. The maximum absolute atomic E-state index is 11.6. The van der Waals surface area contributed by atoms with Gasteiger partial charge in [-0.2, -0.15) is 0 Å². The van der Waals surface area contributed by atoms with Crippen LogP contribution in [-0.2, 0) is 17.6 Å². The van der Waals surface area contributed by atoms with Crippen molar-refractivity contribution in [3.63, 3.8) is 0 Å². The Balaban J connectivity index is 2.39. The van der Waals surface area contributed by atoms with Gasteiger partial charge in [-0.3, -0.25) is 4.79 Å². The number of aryl methyl sites for hydroxylation is 1. The van der Waals surface area contributed by atoms with Crippen LogP contribution in [0.15, 0.2) is 24.3 Å². The van der Waals surface area contributed by atoms with Gasteiger partial charge in [-0.25, -0.2) is 0 Å². The molecule has 1 unspecified atom stereocenters. The predicted molar refractivity (Wildman–Crippen MR) is 68.8 cm³/mol. The van der Waals surface area contributed by atoms with Crippen molar-refractivity contribution in [1.82, 2.24) is 5.32 Å². The first-order valence-electron chi connectivity index (χ1n) is 6.14. The number of hydrogen-bond acceptors (Lipinski definition) is 2. The van der Waals surface area contributed by atoms with Crippen LogP contribution < -0.4 is 5.32 Å². The van der Waals surface area contributed by atoms with Crippen LogP contribution >= 0.6 is 0 Å². The van der Waals surface area contributed by atoms with Crippen molar-refractivity contribution in [2.24, 2.45) is 0 Å². The van der Waals surface area contributed by atoms with Gasteiger partial charge in [-0.15, -0.1) is 0 Å². The van der Waals surface area contributed by atoms with E-state index in [1.54, 1.807) is 6.92 Å². The summed E-state index contributed by atoms with van der Waals surface area (Å²) in [4.78, 5) is 11.6. The molecule has 3 heteroatoms. The van der Waals surface area contributed by atoms with Crippen molar-refractivity contribution in [2.45, 2.75) is 39.2 Å². The third-order valence-corrected chi connectivity index (χ3v) is 2.65. The van der Waals surface area contributed by atoms with Gasteiger partial charge in [0.05, 0.1) is 12.5 Å². The highest BCUT2D eigenvalue weighted by molar-refractivity contribution is 5.78. The number of benzene rings is 1. The normalized spacial score (nSPS) is 12.2. The highest BCUT2D eigenvalue weighted by Gasteiger charge is 2.04. The summed E-state index contributed by atoms with van der Waals surface area (Å²) in [6.07, 6.45) is 1.63. The van der Waals surface area contributed by atoms with E-state index in [-0.39, 0.29) is 12.0 Å². The summed E-state index contributed by atoms with van der Waals surface area (Å²) in [6.45, 7) is 4.35. The molecule has 2 N–H and O–H groups in total. The van der Waals surface area contributed by atoms with E-state index in [9.17, 15) is 4.79 Å². The van der Waals surface area contributed by atoms with Crippen LogP contribution in [-0.4, -0.2) is 23.7 Å². The smallest absolute Gasteiger partial charge is 0.224 e. The minimum Gasteiger partial charge on any atom is -0.393 e. The van der Waals surface area contributed by atoms with Gasteiger partial charge in [0.15, 0.2) is 0 Å². The molecule has 1 aromatic carbocycles. The lowest BCUT2D eigenvalue weighted by atomic mass is 10.1. The molecular formula is C14H21NO2. The SMILES string of the molecule is CCc1cccc(CC(=O)NCCC(C)O)c1. The third kappa shape index (κ3) is 5.50. The van der Waals surface area contributed by atoms with Gasteiger partial charge < -0.3 is 10.4 Å². The van der Waals surface area contributed by atoms with Gasteiger partial charge >= 0.3 is 0 Å². The average molecular weight is 235 g/mol. The number of carbonyl (C=O) groups excluding carboxylic acids is 1. The second kappa shape index (κ2) is 7.07. The number of amides is 1. The summed E-state index contributed by atoms with van der Waals surface area (Å²) in [7, 11) is 0. The first kappa shape index (κ1) is 13.7. The topological polar surface area (TPSA) is 49.3 Å². The molecule has 1 aromatic rings. The summed E-state index contributed by atoms with van der Waals surface area (Å²) >= 11 is 0. The lowest BCUT2D eigenvalue weighted by Gasteiger charge is -2.07. The van der Waals surface area contributed by atoms with Gasteiger partial charge in [0.25, 0.3) is 0 Å². The Hall–Kier alpha value is -1.35. The second-order valence-electron chi connectivity index (χ2n) is 4.34. The summed E-state index contributed by atoms with van der Waals surface area (Å²) < 4.78 is 0. The van der Waals surface area contributed by atoms with Crippen molar-refractivity contribution in [2.75, 3.05) is 6.54 Å². The van der Waals surface area contributed by atoms with Crippen LogP contribution in [0, 0.1) is 0 Å². The van der Waals surface area contributed by atoms with Crippen molar-refractivity contribution < 1.29 is 9.90 Å². The average Bonchev–Trinajstić information content (AvgIpc) is 2.28. The largest absolute Gasteiger partial charge is 0.393 e. The van der Waals surface area contributed by atoms with Crippen LogP contribution in [0.4, 0.5) is 0 Å². The van der Waals surface area contributed by atoms with Crippen LogP contribution in [0.2, 0.25) is 0 Å². The van der Waals surface area contributed by atoms with E-state index in [0.29, 0.717) is 19.4 Å². The first-order valence-corrected chi connectivity index (χ1v) is 6.14. The molecule has 0 saturated carbocycles. The van der Waals surface area contributed by atoms with Crippen LogP contribution in [0.5, 0.6) is 0 Å². The Morgan fingerprint density at radius 3 is 2.76 bits per heavy atom. The summed E-state index contributed by atoms with van der Waals surface area (Å²) in [5.74, 6) is 0.0129. The standard InChI is InChI=1S/C14H21NO2/c1-3-12-5-4-6-13(9-12)10-14(17)15-8-7-11(2)16/h4-6,9,11,16H,3,7-8,10H2,1-2H3,(H,15,17). The number of carbonyl (C=O) groups is 1. The molecule has 0 aromatic heterocycles. The van der Waals surface area contributed by atoms with Gasteiger partial charge in [0.1, 0.15) is 0 Å². The molecule has 0 aliphatic rings. The fourth-order valence-corrected chi connectivity index (χ4v) is 1.63. The zero-order valence-corrected chi connectivity index (χ0v) is 10.6. The van der Waals surface area contributed by atoms with E-state index < -0.39 is 0 Å². The fourth-order valence-electron chi connectivity index (χ4n) is 1.63. The van der Waals surface area contributed by atoms with Crippen LogP contribution in [0.25, 0.3) is 0 Å². The molecule has 0 heterocycles. The lowest BCUT2D eigenvalue weighted by Crippen LogP contribution is -2.27. The fraction of sp³-hybridized carbons (Fsp3) is 0.500. The van der Waals surface area contributed by atoms with E-state index in [2.05, 4.69) is 24.4 Å². The van der Waals surface area contributed by atoms with E-state index in [1.165, 1.54) is 5.56 Å². The molecule has 0 bridgehead atoms. The quantitative estimate of drug-likeness (QED) is 0.788. The monoisotopic (exact) mass is 235 g/mol. The number of nitrogens with one attached hydrogen (secondary N) is 1. The van der Waals surface area contributed by atoms with Crippen LogP contribution in [0.3, 0.4) is 0 Å². The Labute approximate surface area is 103 Å². The van der Waals surface area contributed by atoms with Gasteiger partial charge in [-0.1, -0.05) is 31.2 Å². The highest BCUT2D eigenvalue weighted by atomic mass is 16.3. The van der Waals surface area contributed by atoms with Gasteiger partial charge in [0.2, 0.25) is 5.91 Å². The van der Waals surface area contributed by atoms with E-state index >= 15 is 0 Å². The van der Waals surface area contributed by atoms with Crippen molar-refractivity contribution >= 4 is 5.91 Å². The second-order valence-corrected chi connectivity index (χ2v) is 4.34. The zero-order chi connectivity index (χ0) is 12.7. The predicted octanol–water partition coefficient (Wildman–Crippen LogP) is 1.68. The Bertz CT molecular complexity index is 361. The molecule has 0 aliphatic heterocycles. The highest BCUT2D eigenvalue weighted by Crippen LogP contribution is 2.06. The third-order valence-electron chi connectivity index (χ3n) is 2.65. The summed E-state index contributed by atoms with van der Waals surface area (Å²) in [5, 5.41) is 11.9. The molecule has 0 saturated heterocycles. The number of aliphatic hydroxyl groups is 1. The van der Waals surface area contributed by atoms with Gasteiger partial charge in [-0.05, 0) is 30.9 Å². The molecule has 1 atom stereocenters. The minimum absolute atomic E-state index is 0.0129. The lowest BCUT2D eigenvalue weighted by molar-refractivity contribution is -0.120. The molecule has 0 fully saturated rings. The molecule has 0 aliphatic carbocycles. The van der Waals surface area contributed by atoms with Gasteiger partial charge in [0, 0.05) is 6.54 Å². The van der Waals surface area contributed by atoms with Crippen molar-refractivity contribution in [3.8, 4) is 0 Å². The Morgan fingerprint density at radius 2 is 2.12 bits per heavy atom. The van der Waals surface area contributed by atoms with Crippen LogP contribution in [0.1, 0.15) is 31.4 Å². The zero-order valence-electron chi connectivity index (χ0n) is 10.6. The van der Waals surface area contributed by atoms with E-state index in [1.807, 2.05) is 12.1 Å². The van der Waals surface area contributed by atoms with Crippen molar-refractivity contribution in [1.29, 1.82) is 0 Å². The molecule has 1 amide bonds. The summed E-state index contributed by atoms with van der Waals surface area (Å²) in [5.41, 5.74) is 2.29. The number of rotatable bonds is 6. The first-order chi connectivity index (χ1) is 8.11. The molecule has 0 radical (unpaired) electrons. The molecule has 94 valence electrons. The molecule has 0 spiro atoms. The molecule has 1 rings (SSSR count). The number of hydrogen-bond donors (Lipinski definition) is 2. The maximum atomic E-state index is 11.6. The molecule has 3 nitrogen and oxygen atoms in total. The summed E-state index contributed by atoms with van der Waals surface area (Å²) in [6, 6.07) is 8.08. The maximum Gasteiger partial charge on any atom is 0.224 e. The number of aliphatic hydroxyl groups excluding tert-OH is 1. The van der Waals surface area contributed by atoms with E-state index in [0.717, 1.165) is 12.0 Å². The minimum atomic E-state index is -0.362.